The molecule has 1 aliphatic carbocycles. The van der Waals surface area contributed by atoms with Crippen molar-refractivity contribution in [3.8, 4) is 11.1 Å². The molecule has 3 aromatic rings. The van der Waals surface area contributed by atoms with Crippen molar-refractivity contribution in [3.05, 3.63) is 77.9 Å². The standard InChI is InChI=1S/C29H33N3O3/c1-20-12-15-23(16-13-20)31-29(35)32-27-18-22(24-10-6-7-11-25(24)28(33)34)14-17-26(27)30-19-21-8-4-2-3-5-9-21/h6-7,10-18,21,30H,2-5,8-9,19H2,1H3,(H,33,34)(H2,31,32,35). The molecule has 35 heavy (non-hydrogen) atoms. The SMILES string of the molecule is Cc1ccc(NC(=O)Nc2cc(-c3ccccc3C(=O)O)ccc2NCC2CCCCCC2)cc1. The van der Waals surface area contributed by atoms with Crippen molar-refractivity contribution in [2.24, 2.45) is 5.92 Å². The van der Waals surface area contributed by atoms with Gasteiger partial charge in [0, 0.05) is 12.2 Å². The quantitative estimate of drug-likeness (QED) is 0.270. The van der Waals surface area contributed by atoms with Gasteiger partial charge in [0.25, 0.3) is 0 Å². The zero-order valence-corrected chi connectivity index (χ0v) is 20.1. The Labute approximate surface area is 206 Å². The summed E-state index contributed by atoms with van der Waals surface area (Å²) in [4.78, 5) is 24.6. The summed E-state index contributed by atoms with van der Waals surface area (Å²) in [5.41, 5.74) is 4.82. The molecule has 0 bridgehead atoms. The Bertz CT molecular complexity index is 1170. The van der Waals surface area contributed by atoms with Gasteiger partial charge in [-0.1, -0.05) is 67.6 Å². The van der Waals surface area contributed by atoms with Crippen LogP contribution in [-0.2, 0) is 0 Å². The molecule has 2 amide bonds. The molecule has 1 aliphatic rings. The Kier molecular flexibility index (Phi) is 8.03. The van der Waals surface area contributed by atoms with Crippen molar-refractivity contribution in [1.29, 1.82) is 0 Å². The molecule has 0 spiro atoms. The van der Waals surface area contributed by atoms with Gasteiger partial charge in [0.1, 0.15) is 0 Å². The van der Waals surface area contributed by atoms with Crippen LogP contribution in [-0.4, -0.2) is 23.7 Å². The summed E-state index contributed by atoms with van der Waals surface area (Å²) >= 11 is 0. The molecule has 4 N–H and O–H groups in total. The Balaban J connectivity index is 1.59. The van der Waals surface area contributed by atoms with Crippen molar-refractivity contribution in [2.75, 3.05) is 22.5 Å². The van der Waals surface area contributed by atoms with Crippen LogP contribution in [0, 0.1) is 12.8 Å². The van der Waals surface area contributed by atoms with E-state index in [0.717, 1.165) is 23.4 Å². The fraction of sp³-hybridized carbons (Fsp3) is 0.310. The minimum Gasteiger partial charge on any atom is -0.478 e. The number of carboxylic acids is 1. The van der Waals surface area contributed by atoms with E-state index in [9.17, 15) is 14.7 Å². The number of nitrogens with one attached hydrogen (secondary N) is 3. The number of urea groups is 1. The Morgan fingerprint density at radius 1 is 0.857 bits per heavy atom. The third kappa shape index (κ3) is 6.63. The van der Waals surface area contributed by atoms with Gasteiger partial charge in [-0.2, -0.15) is 0 Å². The third-order valence-corrected chi connectivity index (χ3v) is 6.60. The maximum Gasteiger partial charge on any atom is 0.336 e. The van der Waals surface area contributed by atoms with Gasteiger partial charge < -0.3 is 21.1 Å². The largest absolute Gasteiger partial charge is 0.478 e. The second-order valence-corrected chi connectivity index (χ2v) is 9.29. The molecule has 0 aliphatic heterocycles. The first-order chi connectivity index (χ1) is 17.0. The molecule has 0 unspecified atom stereocenters. The molecule has 0 saturated heterocycles. The maximum absolute atomic E-state index is 12.8. The Morgan fingerprint density at radius 3 is 2.29 bits per heavy atom. The number of amides is 2. The molecule has 6 heteroatoms. The second-order valence-electron chi connectivity index (χ2n) is 9.29. The number of carbonyl (C=O) groups is 2. The lowest BCUT2D eigenvalue weighted by molar-refractivity contribution is 0.0697. The first kappa shape index (κ1) is 24.3. The van der Waals surface area contributed by atoms with Gasteiger partial charge >= 0.3 is 12.0 Å². The lowest BCUT2D eigenvalue weighted by Crippen LogP contribution is -2.21. The highest BCUT2D eigenvalue weighted by Crippen LogP contribution is 2.32. The molecule has 1 saturated carbocycles. The number of aromatic carboxylic acids is 1. The van der Waals surface area contributed by atoms with Crippen LogP contribution in [0.4, 0.5) is 21.9 Å². The number of aryl methyl sites for hydroxylation is 1. The molecule has 182 valence electrons. The first-order valence-electron chi connectivity index (χ1n) is 12.3. The van der Waals surface area contributed by atoms with Gasteiger partial charge in [-0.3, -0.25) is 0 Å². The summed E-state index contributed by atoms with van der Waals surface area (Å²) < 4.78 is 0. The zero-order chi connectivity index (χ0) is 24.6. The number of carboxylic acid groups (broad SMARTS) is 1. The van der Waals surface area contributed by atoms with Gasteiger partial charge in [-0.05, 0) is 67.1 Å². The van der Waals surface area contributed by atoms with Gasteiger partial charge in [-0.15, -0.1) is 0 Å². The van der Waals surface area contributed by atoms with Crippen molar-refractivity contribution in [3.63, 3.8) is 0 Å². The normalized spacial score (nSPS) is 14.1. The van der Waals surface area contributed by atoms with E-state index in [0.29, 0.717) is 22.9 Å². The van der Waals surface area contributed by atoms with E-state index >= 15 is 0 Å². The average Bonchev–Trinajstić information content (AvgIpc) is 3.13. The molecule has 0 radical (unpaired) electrons. The van der Waals surface area contributed by atoms with Crippen molar-refractivity contribution >= 4 is 29.1 Å². The molecular formula is C29H33N3O3. The predicted octanol–water partition coefficient (Wildman–Crippen LogP) is 7.39. The number of benzene rings is 3. The van der Waals surface area contributed by atoms with Gasteiger partial charge in [-0.25, -0.2) is 9.59 Å². The van der Waals surface area contributed by atoms with E-state index in [-0.39, 0.29) is 11.6 Å². The van der Waals surface area contributed by atoms with E-state index in [1.807, 2.05) is 55.5 Å². The van der Waals surface area contributed by atoms with E-state index in [4.69, 9.17) is 0 Å². The fourth-order valence-electron chi connectivity index (χ4n) is 4.63. The van der Waals surface area contributed by atoms with Crippen LogP contribution < -0.4 is 16.0 Å². The van der Waals surface area contributed by atoms with E-state index in [1.165, 1.54) is 38.5 Å². The van der Waals surface area contributed by atoms with E-state index in [1.54, 1.807) is 18.2 Å². The Hall–Kier alpha value is -3.80. The van der Waals surface area contributed by atoms with E-state index in [2.05, 4.69) is 16.0 Å². The summed E-state index contributed by atoms with van der Waals surface area (Å²) in [5.74, 6) is -0.373. The van der Waals surface area contributed by atoms with Crippen LogP contribution in [0.25, 0.3) is 11.1 Å². The Morgan fingerprint density at radius 2 is 1.57 bits per heavy atom. The highest BCUT2D eigenvalue weighted by Gasteiger charge is 2.16. The highest BCUT2D eigenvalue weighted by atomic mass is 16.4. The van der Waals surface area contributed by atoms with E-state index < -0.39 is 5.97 Å². The molecule has 3 aromatic carbocycles. The smallest absolute Gasteiger partial charge is 0.336 e. The first-order valence-corrected chi connectivity index (χ1v) is 12.3. The number of anilines is 3. The minimum absolute atomic E-state index is 0.224. The average molecular weight is 472 g/mol. The predicted molar refractivity (Wildman–Crippen MR) is 142 cm³/mol. The van der Waals surface area contributed by atoms with Gasteiger partial charge in [0.2, 0.25) is 0 Å². The second kappa shape index (κ2) is 11.6. The van der Waals surface area contributed by atoms with Gasteiger partial charge in [0.15, 0.2) is 0 Å². The monoisotopic (exact) mass is 471 g/mol. The van der Waals surface area contributed by atoms with Crippen LogP contribution in [0.5, 0.6) is 0 Å². The molecule has 0 aromatic heterocycles. The molecule has 6 nitrogen and oxygen atoms in total. The van der Waals surface area contributed by atoms with Crippen LogP contribution >= 0.6 is 0 Å². The summed E-state index contributed by atoms with van der Waals surface area (Å²) in [6.45, 7) is 2.84. The molecule has 0 atom stereocenters. The molecule has 0 heterocycles. The molecule has 1 fully saturated rings. The van der Waals surface area contributed by atoms with Crippen molar-refractivity contribution in [1.82, 2.24) is 0 Å². The highest BCUT2D eigenvalue weighted by molar-refractivity contribution is 6.03. The number of rotatable bonds is 7. The summed E-state index contributed by atoms with van der Waals surface area (Å²) in [6.07, 6.45) is 7.57. The molecule has 4 rings (SSSR count). The zero-order valence-electron chi connectivity index (χ0n) is 20.1. The van der Waals surface area contributed by atoms with Crippen molar-refractivity contribution in [2.45, 2.75) is 45.4 Å². The number of hydrogen-bond acceptors (Lipinski definition) is 3. The fourth-order valence-corrected chi connectivity index (χ4v) is 4.63. The lowest BCUT2D eigenvalue weighted by Gasteiger charge is -2.19. The number of hydrogen-bond donors (Lipinski definition) is 4. The van der Waals surface area contributed by atoms with Gasteiger partial charge in [0.05, 0.1) is 16.9 Å². The summed E-state index contributed by atoms with van der Waals surface area (Å²) in [7, 11) is 0. The van der Waals surface area contributed by atoms with Crippen LogP contribution in [0.3, 0.4) is 0 Å². The minimum atomic E-state index is -0.984. The lowest BCUT2D eigenvalue weighted by atomic mass is 9.98. The van der Waals surface area contributed by atoms with Crippen LogP contribution in [0.15, 0.2) is 66.7 Å². The summed E-state index contributed by atoms with van der Waals surface area (Å²) in [6, 6.07) is 19.8. The van der Waals surface area contributed by atoms with Crippen LogP contribution in [0.2, 0.25) is 0 Å². The maximum atomic E-state index is 12.8. The van der Waals surface area contributed by atoms with Crippen molar-refractivity contribution < 1.29 is 14.7 Å². The third-order valence-electron chi connectivity index (χ3n) is 6.60. The topological polar surface area (TPSA) is 90.5 Å². The summed E-state index contributed by atoms with van der Waals surface area (Å²) in [5, 5.41) is 19.0. The molecular weight excluding hydrogens is 438 g/mol. The van der Waals surface area contributed by atoms with Crippen LogP contribution in [0.1, 0.15) is 54.4 Å². The number of carbonyl (C=O) groups excluding carboxylic acids is 1.